The minimum absolute atomic E-state index is 0. The van der Waals surface area contributed by atoms with Crippen molar-refractivity contribution in [1.29, 1.82) is 0 Å². The van der Waals surface area contributed by atoms with E-state index in [1.165, 1.54) is 0 Å². The van der Waals surface area contributed by atoms with Gasteiger partial charge in [0, 0.05) is 0 Å². The molecule has 3 heteroatoms. The van der Waals surface area contributed by atoms with Crippen LogP contribution in [0.2, 0.25) is 0 Å². The molecule has 0 aromatic heterocycles. The van der Waals surface area contributed by atoms with Crippen LogP contribution in [0.15, 0.2) is 0 Å². The molecule has 0 saturated carbocycles. The summed E-state index contributed by atoms with van der Waals surface area (Å²) in [6.07, 6.45) is 9.62. The van der Waals surface area contributed by atoms with Gasteiger partial charge < -0.3 is 0 Å². The average molecular weight is 326 g/mol. The van der Waals surface area contributed by atoms with Gasteiger partial charge in [0.25, 0.3) is 0 Å². The molecule has 40 valence electrons. The summed E-state index contributed by atoms with van der Waals surface area (Å²) >= 11 is 0. The van der Waals surface area contributed by atoms with Gasteiger partial charge in [-0.15, -0.1) is 23.9 Å². The van der Waals surface area contributed by atoms with Crippen molar-refractivity contribution in [3.05, 3.63) is 0 Å². The molecular formula is C4H12SiSn2. The topological polar surface area (TPSA) is 0 Å². The first-order valence-corrected chi connectivity index (χ1v) is 2.70. The zero-order valence-corrected chi connectivity index (χ0v) is 4.28. The summed E-state index contributed by atoms with van der Waals surface area (Å²) in [6, 6.07) is 0. The molecule has 0 radical (unpaired) electrons. The van der Waals surface area contributed by atoms with Gasteiger partial charge in [0.15, 0.2) is 9.52 Å². The molecule has 0 saturated heterocycles. The average Bonchev–Trinajstić information content (AvgIpc) is 1.41. The SMILES string of the molecule is C#C[SiH2]C#C.[SnH4].[SnH4]. The van der Waals surface area contributed by atoms with Crippen molar-refractivity contribution in [3.63, 3.8) is 0 Å². The Balaban J connectivity index is -0.0000000800. The number of rotatable bonds is 0. The van der Waals surface area contributed by atoms with Crippen LogP contribution in [0.25, 0.3) is 0 Å². The van der Waals surface area contributed by atoms with Gasteiger partial charge in [-0.25, -0.2) is 0 Å². The van der Waals surface area contributed by atoms with Gasteiger partial charge in [-0.05, 0) is 0 Å². The first kappa shape index (κ1) is 15.7. The normalized spacial score (nSPS) is 3.14. The van der Waals surface area contributed by atoms with Gasteiger partial charge >= 0.3 is 47.8 Å². The molecule has 0 aliphatic heterocycles. The minimum atomic E-state index is -0.512. The van der Waals surface area contributed by atoms with E-state index in [4.69, 9.17) is 12.8 Å². The van der Waals surface area contributed by atoms with Crippen LogP contribution in [0, 0.1) is 23.9 Å². The first-order valence-electron chi connectivity index (χ1n) is 1.28. The summed E-state index contributed by atoms with van der Waals surface area (Å²) in [5.74, 6) is 0. The van der Waals surface area contributed by atoms with Crippen LogP contribution in [0.5, 0.6) is 0 Å². The molecule has 0 nitrogen and oxygen atoms in total. The van der Waals surface area contributed by atoms with Crippen molar-refractivity contribution in [2.24, 2.45) is 0 Å². The molecule has 0 rings (SSSR count). The fourth-order valence-electron chi connectivity index (χ4n) is 0.0589. The molecule has 0 aromatic rings. The van der Waals surface area contributed by atoms with Crippen LogP contribution in [-0.2, 0) is 0 Å². The van der Waals surface area contributed by atoms with E-state index in [2.05, 4.69) is 11.1 Å². The molecule has 0 bridgehead atoms. The second-order valence-electron chi connectivity index (χ2n) is 0.585. The third-order valence-electron chi connectivity index (χ3n) is 0.204. The van der Waals surface area contributed by atoms with Gasteiger partial charge in [-0.1, -0.05) is 0 Å². The molecule has 0 unspecified atom stereocenters. The number of hydrogen-bond donors (Lipinski definition) is 0. The molecule has 0 aliphatic rings. The third-order valence-corrected chi connectivity index (χ3v) is 0.612. The van der Waals surface area contributed by atoms with E-state index in [-0.39, 0.29) is 47.8 Å². The summed E-state index contributed by atoms with van der Waals surface area (Å²) in [4.78, 5) is 0. The molecule has 0 amide bonds. The Morgan fingerprint density at radius 2 is 1.29 bits per heavy atom. The standard InChI is InChI=1S/C4H4Si.2Sn.8H/c1-3-5-4-2;;;;;;;;;;/h1-2H,5H2;;;;;;;;;;. The summed E-state index contributed by atoms with van der Waals surface area (Å²) in [6.45, 7) is 0. The molecule has 0 atom stereocenters. The molecule has 0 aliphatic carbocycles. The van der Waals surface area contributed by atoms with Crippen molar-refractivity contribution in [1.82, 2.24) is 0 Å². The van der Waals surface area contributed by atoms with Crippen molar-refractivity contribution in [2.75, 3.05) is 0 Å². The van der Waals surface area contributed by atoms with Crippen LogP contribution < -0.4 is 0 Å². The zero-order chi connectivity index (χ0) is 4.12. The Hall–Kier alpha value is 0.934. The van der Waals surface area contributed by atoms with Crippen molar-refractivity contribution in [2.45, 2.75) is 0 Å². The second-order valence-corrected chi connectivity index (χ2v) is 1.76. The predicted molar refractivity (Wildman–Crippen MR) is 48.9 cm³/mol. The Kier molecular flexibility index (Phi) is 35.3. The van der Waals surface area contributed by atoms with Gasteiger partial charge in [0.2, 0.25) is 0 Å². The fraction of sp³-hybridized carbons (Fsp3) is 0. The van der Waals surface area contributed by atoms with E-state index in [1.54, 1.807) is 0 Å². The third kappa shape index (κ3) is 19.6. The predicted octanol–water partition coefficient (Wildman–Crippen LogP) is -3.57. The van der Waals surface area contributed by atoms with Crippen LogP contribution in [-0.4, -0.2) is 57.3 Å². The Morgan fingerprint density at radius 3 is 1.29 bits per heavy atom. The fourth-order valence-corrected chi connectivity index (χ4v) is 0.177. The van der Waals surface area contributed by atoms with Crippen LogP contribution in [0.1, 0.15) is 0 Å². The summed E-state index contributed by atoms with van der Waals surface area (Å²) in [5, 5.41) is 0. The summed E-state index contributed by atoms with van der Waals surface area (Å²) in [5.41, 5.74) is 4.84. The van der Waals surface area contributed by atoms with E-state index >= 15 is 0 Å². The van der Waals surface area contributed by atoms with Gasteiger partial charge in [-0.3, -0.25) is 0 Å². The van der Waals surface area contributed by atoms with Crippen LogP contribution in [0.3, 0.4) is 0 Å². The van der Waals surface area contributed by atoms with Gasteiger partial charge in [0.1, 0.15) is 0 Å². The first-order chi connectivity index (χ1) is 2.41. The van der Waals surface area contributed by atoms with E-state index in [0.717, 1.165) is 0 Å². The molecular weight excluding hydrogens is 314 g/mol. The summed E-state index contributed by atoms with van der Waals surface area (Å²) < 4.78 is 0. The summed E-state index contributed by atoms with van der Waals surface area (Å²) in [7, 11) is -0.512. The van der Waals surface area contributed by atoms with Gasteiger partial charge in [0.05, 0.1) is 0 Å². The molecule has 7 heavy (non-hydrogen) atoms. The quantitative estimate of drug-likeness (QED) is 0.319. The molecule has 0 N–H and O–H groups in total. The van der Waals surface area contributed by atoms with Gasteiger partial charge in [-0.2, -0.15) is 0 Å². The maximum atomic E-state index is 4.81. The molecule has 0 fully saturated rings. The van der Waals surface area contributed by atoms with E-state index in [9.17, 15) is 0 Å². The Labute approximate surface area is 80.6 Å². The van der Waals surface area contributed by atoms with E-state index < -0.39 is 9.52 Å². The van der Waals surface area contributed by atoms with E-state index in [0.29, 0.717) is 0 Å². The van der Waals surface area contributed by atoms with Crippen molar-refractivity contribution >= 4 is 57.3 Å². The number of terminal acetylenes is 2. The Bertz CT molecular complexity index is 74.8. The van der Waals surface area contributed by atoms with Crippen molar-refractivity contribution < 1.29 is 0 Å². The van der Waals surface area contributed by atoms with Crippen LogP contribution >= 0.6 is 0 Å². The molecule has 0 spiro atoms. The molecule has 0 heterocycles. The Morgan fingerprint density at radius 1 is 1.00 bits per heavy atom. The second kappa shape index (κ2) is 15.8. The monoisotopic (exact) mass is 328 g/mol. The molecule has 0 aromatic carbocycles. The maximum absolute atomic E-state index is 4.81. The zero-order valence-electron chi connectivity index (χ0n) is 2.86. The van der Waals surface area contributed by atoms with Crippen LogP contribution in [0.4, 0.5) is 0 Å². The van der Waals surface area contributed by atoms with Crippen molar-refractivity contribution in [3.8, 4) is 23.9 Å². The van der Waals surface area contributed by atoms with E-state index in [1.807, 2.05) is 0 Å². The number of hydrogen-bond acceptors (Lipinski definition) is 0.